The number of fused-ring (bicyclic) bond motifs is 1. The Morgan fingerprint density at radius 2 is 1.86 bits per heavy atom. The summed E-state index contributed by atoms with van der Waals surface area (Å²) in [7, 11) is -1.98. The van der Waals surface area contributed by atoms with Crippen molar-refractivity contribution < 1.29 is 12.6 Å². The Hall–Kier alpha value is -2.34. The standard InChI is InChI=1S/C16H16N2O3S/c1-11-4-7-16(12(2)8-11)22(19,20)21-13-5-6-15-14(9-13)17-10-18(15)3/h4-10H,1-3H3. The predicted octanol–water partition coefficient (Wildman–Crippen LogP) is 2.96. The summed E-state index contributed by atoms with van der Waals surface area (Å²) in [6.07, 6.45) is 1.67. The average molecular weight is 316 g/mol. The van der Waals surface area contributed by atoms with Gasteiger partial charge in [0.2, 0.25) is 0 Å². The van der Waals surface area contributed by atoms with Gasteiger partial charge in [-0.15, -0.1) is 0 Å². The highest BCUT2D eigenvalue weighted by Crippen LogP contribution is 2.24. The molecule has 0 fully saturated rings. The summed E-state index contributed by atoms with van der Waals surface area (Å²) in [5.74, 6) is 0.256. The number of aromatic nitrogens is 2. The van der Waals surface area contributed by atoms with E-state index in [1.807, 2.05) is 24.6 Å². The molecule has 1 heterocycles. The number of rotatable bonds is 3. The highest BCUT2D eigenvalue weighted by Gasteiger charge is 2.19. The summed E-state index contributed by atoms with van der Waals surface area (Å²) >= 11 is 0. The van der Waals surface area contributed by atoms with Gasteiger partial charge < -0.3 is 8.75 Å². The van der Waals surface area contributed by atoms with Gasteiger partial charge >= 0.3 is 10.1 Å². The molecule has 5 nitrogen and oxygen atoms in total. The molecule has 0 aliphatic rings. The lowest BCUT2D eigenvalue weighted by atomic mass is 10.2. The van der Waals surface area contributed by atoms with Crippen molar-refractivity contribution in [3.8, 4) is 5.75 Å². The normalized spacial score (nSPS) is 11.8. The van der Waals surface area contributed by atoms with Crippen LogP contribution in [0.25, 0.3) is 11.0 Å². The first kappa shape index (κ1) is 14.6. The quantitative estimate of drug-likeness (QED) is 0.697. The van der Waals surface area contributed by atoms with Crippen molar-refractivity contribution in [2.24, 2.45) is 7.05 Å². The first-order chi connectivity index (χ1) is 10.4. The second-order valence-corrected chi connectivity index (χ2v) is 6.83. The van der Waals surface area contributed by atoms with Gasteiger partial charge in [0.15, 0.2) is 0 Å². The minimum absolute atomic E-state index is 0.180. The largest absolute Gasteiger partial charge is 0.379 e. The van der Waals surface area contributed by atoms with E-state index in [0.29, 0.717) is 11.1 Å². The lowest BCUT2D eigenvalue weighted by Gasteiger charge is -2.10. The Balaban J connectivity index is 1.98. The van der Waals surface area contributed by atoms with Gasteiger partial charge in [-0.2, -0.15) is 8.42 Å². The molecular formula is C16H16N2O3S. The Labute approximate surface area is 129 Å². The van der Waals surface area contributed by atoms with Crippen molar-refractivity contribution in [1.29, 1.82) is 0 Å². The topological polar surface area (TPSA) is 61.2 Å². The first-order valence-corrected chi connectivity index (χ1v) is 8.20. The minimum atomic E-state index is -3.86. The lowest BCUT2D eigenvalue weighted by Crippen LogP contribution is -2.11. The van der Waals surface area contributed by atoms with Crippen LogP contribution in [-0.2, 0) is 17.2 Å². The smallest absolute Gasteiger partial charge is 0.339 e. The molecule has 2 aromatic carbocycles. The molecular weight excluding hydrogens is 300 g/mol. The average Bonchev–Trinajstić information content (AvgIpc) is 2.79. The van der Waals surface area contributed by atoms with E-state index >= 15 is 0 Å². The van der Waals surface area contributed by atoms with E-state index in [9.17, 15) is 8.42 Å². The van der Waals surface area contributed by atoms with Crippen LogP contribution in [0.2, 0.25) is 0 Å². The Bertz CT molecular complexity index is 959. The maximum Gasteiger partial charge on any atom is 0.339 e. The molecule has 0 radical (unpaired) electrons. The molecule has 0 saturated heterocycles. The monoisotopic (exact) mass is 316 g/mol. The van der Waals surface area contributed by atoms with E-state index in [-0.39, 0.29) is 10.6 Å². The molecule has 0 N–H and O–H groups in total. The van der Waals surface area contributed by atoms with E-state index < -0.39 is 10.1 Å². The fourth-order valence-electron chi connectivity index (χ4n) is 2.42. The molecule has 0 saturated carbocycles. The van der Waals surface area contributed by atoms with Crippen molar-refractivity contribution in [3.63, 3.8) is 0 Å². The number of hydrogen-bond acceptors (Lipinski definition) is 4. The molecule has 3 aromatic rings. The fourth-order valence-corrected chi connectivity index (χ4v) is 3.55. The summed E-state index contributed by atoms with van der Waals surface area (Å²) in [6, 6.07) is 10.2. The van der Waals surface area contributed by atoms with Crippen LogP contribution in [0.15, 0.2) is 47.6 Å². The molecule has 114 valence electrons. The zero-order valence-corrected chi connectivity index (χ0v) is 13.4. The third kappa shape index (κ3) is 2.57. The Morgan fingerprint density at radius 1 is 1.09 bits per heavy atom. The molecule has 1 aromatic heterocycles. The van der Waals surface area contributed by atoms with E-state index in [4.69, 9.17) is 4.18 Å². The minimum Gasteiger partial charge on any atom is -0.379 e. The van der Waals surface area contributed by atoms with E-state index in [1.165, 1.54) is 0 Å². The second kappa shape index (κ2) is 5.14. The summed E-state index contributed by atoms with van der Waals surface area (Å²) < 4.78 is 32.0. The zero-order chi connectivity index (χ0) is 15.9. The highest BCUT2D eigenvalue weighted by molar-refractivity contribution is 7.87. The molecule has 0 unspecified atom stereocenters. The van der Waals surface area contributed by atoms with Crippen LogP contribution in [-0.4, -0.2) is 18.0 Å². The van der Waals surface area contributed by atoms with Gasteiger partial charge in [0.1, 0.15) is 10.6 Å². The second-order valence-electron chi connectivity index (χ2n) is 5.31. The van der Waals surface area contributed by atoms with Crippen LogP contribution in [0.3, 0.4) is 0 Å². The molecule has 0 amide bonds. The number of imidazole rings is 1. The van der Waals surface area contributed by atoms with Gasteiger partial charge in [0, 0.05) is 13.1 Å². The molecule has 0 atom stereocenters. The molecule has 6 heteroatoms. The van der Waals surface area contributed by atoms with E-state index in [0.717, 1.165) is 11.1 Å². The number of nitrogens with zero attached hydrogens (tertiary/aromatic N) is 2. The lowest BCUT2D eigenvalue weighted by molar-refractivity contribution is 0.486. The zero-order valence-electron chi connectivity index (χ0n) is 12.6. The van der Waals surface area contributed by atoms with Crippen LogP contribution in [0.4, 0.5) is 0 Å². The third-order valence-electron chi connectivity index (χ3n) is 3.50. The maximum atomic E-state index is 12.4. The van der Waals surface area contributed by atoms with Crippen molar-refractivity contribution in [2.45, 2.75) is 18.7 Å². The molecule has 0 aliphatic heterocycles. The van der Waals surface area contributed by atoms with Gasteiger partial charge in [-0.25, -0.2) is 4.98 Å². The first-order valence-electron chi connectivity index (χ1n) is 6.80. The fraction of sp³-hybridized carbons (Fsp3) is 0.188. The van der Waals surface area contributed by atoms with Crippen LogP contribution in [0.1, 0.15) is 11.1 Å². The van der Waals surface area contributed by atoms with Crippen LogP contribution in [0.5, 0.6) is 5.75 Å². The Morgan fingerprint density at radius 3 is 2.59 bits per heavy atom. The van der Waals surface area contributed by atoms with Gasteiger partial charge in [0.25, 0.3) is 0 Å². The third-order valence-corrected chi connectivity index (χ3v) is 4.91. The molecule has 22 heavy (non-hydrogen) atoms. The maximum absolute atomic E-state index is 12.4. The molecule has 0 spiro atoms. The molecule has 0 aliphatic carbocycles. The van der Waals surface area contributed by atoms with Crippen molar-refractivity contribution in [3.05, 3.63) is 53.9 Å². The molecule has 3 rings (SSSR count). The van der Waals surface area contributed by atoms with Gasteiger partial charge in [-0.1, -0.05) is 17.7 Å². The van der Waals surface area contributed by atoms with E-state index in [1.54, 1.807) is 43.6 Å². The van der Waals surface area contributed by atoms with E-state index in [2.05, 4.69) is 4.98 Å². The summed E-state index contributed by atoms with van der Waals surface area (Å²) in [5.41, 5.74) is 3.28. The predicted molar refractivity (Wildman–Crippen MR) is 84.4 cm³/mol. The van der Waals surface area contributed by atoms with Crippen LogP contribution in [0, 0.1) is 13.8 Å². The number of benzene rings is 2. The Kier molecular flexibility index (Phi) is 3.41. The van der Waals surface area contributed by atoms with Crippen LogP contribution >= 0.6 is 0 Å². The number of hydrogen-bond donors (Lipinski definition) is 0. The van der Waals surface area contributed by atoms with Crippen molar-refractivity contribution >= 4 is 21.2 Å². The van der Waals surface area contributed by atoms with Gasteiger partial charge in [-0.3, -0.25) is 0 Å². The van der Waals surface area contributed by atoms with Crippen LogP contribution < -0.4 is 4.18 Å². The SMILES string of the molecule is Cc1ccc(S(=O)(=O)Oc2ccc3c(c2)ncn3C)c(C)c1. The summed E-state index contributed by atoms with van der Waals surface area (Å²) in [4.78, 5) is 4.38. The molecule has 0 bridgehead atoms. The summed E-state index contributed by atoms with van der Waals surface area (Å²) in [6.45, 7) is 3.67. The van der Waals surface area contributed by atoms with Gasteiger partial charge in [-0.05, 0) is 37.6 Å². The highest BCUT2D eigenvalue weighted by atomic mass is 32.2. The van der Waals surface area contributed by atoms with Crippen molar-refractivity contribution in [1.82, 2.24) is 9.55 Å². The van der Waals surface area contributed by atoms with Crippen molar-refractivity contribution in [2.75, 3.05) is 0 Å². The van der Waals surface area contributed by atoms with Gasteiger partial charge in [0.05, 0.1) is 17.4 Å². The number of aryl methyl sites for hydroxylation is 3. The summed E-state index contributed by atoms with van der Waals surface area (Å²) in [5, 5.41) is 0.